The first-order valence-electron chi connectivity index (χ1n) is 17.4. The van der Waals surface area contributed by atoms with Crippen molar-refractivity contribution < 1.29 is 37.6 Å². The second-order valence-corrected chi connectivity index (χ2v) is 17.8. The van der Waals surface area contributed by atoms with E-state index in [2.05, 4.69) is 32.9 Å². The van der Waals surface area contributed by atoms with Crippen LogP contribution in [0.2, 0.25) is 23.2 Å². The molecule has 10 heteroatoms. The molecule has 7 atom stereocenters. The number of halogens is 1. The second-order valence-electron chi connectivity index (χ2n) is 12.6. The van der Waals surface area contributed by atoms with Gasteiger partial charge in [-0.1, -0.05) is 56.7 Å². The van der Waals surface area contributed by atoms with E-state index in [1.54, 1.807) is 6.07 Å². The van der Waals surface area contributed by atoms with E-state index in [1.165, 1.54) is 13.2 Å². The van der Waals surface area contributed by atoms with Crippen LogP contribution in [-0.2, 0) is 32.9 Å². The maximum absolute atomic E-state index is 12.0. The number of carbonyl (C=O) groups excluding carboxylic acids is 1. The van der Waals surface area contributed by atoms with Crippen molar-refractivity contribution >= 4 is 25.9 Å². The lowest BCUT2D eigenvalue weighted by Crippen LogP contribution is -2.41. The van der Waals surface area contributed by atoms with Crippen molar-refractivity contribution in [1.82, 2.24) is 0 Å². The van der Waals surface area contributed by atoms with Gasteiger partial charge in [0.05, 0.1) is 19.3 Å². The number of hydrogen-bond acceptors (Lipinski definition) is 8. The molecule has 8 nitrogen and oxygen atoms in total. The van der Waals surface area contributed by atoms with Crippen LogP contribution in [0.3, 0.4) is 0 Å². The molecule has 0 bridgehead atoms. The van der Waals surface area contributed by atoms with Crippen LogP contribution in [0, 0.1) is 11.8 Å². The van der Waals surface area contributed by atoms with Gasteiger partial charge in [0.15, 0.2) is 20.9 Å². The predicted molar refractivity (Wildman–Crippen MR) is 182 cm³/mol. The molecule has 1 aromatic carbocycles. The maximum Gasteiger partial charge on any atom is 0.330 e. The lowest BCUT2D eigenvalue weighted by molar-refractivity contribution is -0.193. The summed E-state index contributed by atoms with van der Waals surface area (Å²) in [6, 6.07) is 10.6. The second kappa shape index (κ2) is 19.3. The molecule has 2 aliphatic heterocycles. The van der Waals surface area contributed by atoms with E-state index in [4.69, 9.17) is 44.4 Å². The molecular formula is C36H55ClO8Si. The molecule has 1 saturated carbocycles. The third-order valence-corrected chi connectivity index (χ3v) is 14.7. The highest BCUT2D eigenvalue weighted by molar-refractivity contribution is 6.73. The smallest absolute Gasteiger partial charge is 0.330 e. The molecule has 3 unspecified atom stereocenters. The fraction of sp³-hybridized carbons (Fsp3) is 0.694. The highest BCUT2D eigenvalue weighted by Gasteiger charge is 2.47. The molecule has 0 aromatic heterocycles. The van der Waals surface area contributed by atoms with Gasteiger partial charge in [0.2, 0.25) is 0 Å². The minimum absolute atomic E-state index is 0.000751. The van der Waals surface area contributed by atoms with Crippen molar-refractivity contribution in [3.05, 3.63) is 53.6 Å². The van der Waals surface area contributed by atoms with E-state index in [1.807, 2.05) is 24.3 Å². The lowest BCUT2D eigenvalue weighted by atomic mass is 9.89. The molecule has 2 saturated heterocycles. The summed E-state index contributed by atoms with van der Waals surface area (Å²) in [5.74, 6) is 0.446. The van der Waals surface area contributed by atoms with Gasteiger partial charge in [-0.15, -0.1) is 0 Å². The fourth-order valence-corrected chi connectivity index (χ4v) is 9.90. The van der Waals surface area contributed by atoms with E-state index >= 15 is 0 Å². The van der Waals surface area contributed by atoms with Crippen LogP contribution in [0.5, 0.6) is 5.75 Å². The summed E-state index contributed by atoms with van der Waals surface area (Å²) in [6.45, 7) is 8.51. The van der Waals surface area contributed by atoms with Crippen molar-refractivity contribution in [2.24, 2.45) is 11.8 Å². The minimum Gasteiger partial charge on any atom is -0.490 e. The Morgan fingerprint density at radius 3 is 2.37 bits per heavy atom. The quantitative estimate of drug-likeness (QED) is 0.0705. The zero-order chi connectivity index (χ0) is 32.8. The number of rotatable bonds is 17. The van der Waals surface area contributed by atoms with E-state index in [0.717, 1.165) is 69.7 Å². The van der Waals surface area contributed by atoms with Gasteiger partial charge in [-0.3, -0.25) is 0 Å². The van der Waals surface area contributed by atoms with Gasteiger partial charge in [-0.05, 0) is 93.6 Å². The first kappa shape index (κ1) is 37.1. The Morgan fingerprint density at radius 2 is 1.74 bits per heavy atom. The van der Waals surface area contributed by atoms with Crippen LogP contribution >= 0.6 is 11.6 Å². The van der Waals surface area contributed by atoms with Gasteiger partial charge in [0.1, 0.15) is 18.5 Å². The SMILES string of the molecule is CC[Si](CC)(CC)OC1C[C@@H](OC2CCCCO2)[C@H](/C=C/[C@H](COc2cccc(Cl)c2)OC2CCCCO2)[C@H]1C/C=C\C(=O)OC. The molecule has 3 aliphatic rings. The molecule has 0 amide bonds. The van der Waals surface area contributed by atoms with Gasteiger partial charge in [-0.25, -0.2) is 4.79 Å². The number of methoxy groups -OCH3 is 1. The largest absolute Gasteiger partial charge is 0.490 e. The third kappa shape index (κ3) is 11.2. The van der Waals surface area contributed by atoms with Crippen molar-refractivity contribution in [2.45, 2.75) is 121 Å². The Labute approximate surface area is 282 Å². The van der Waals surface area contributed by atoms with Crippen molar-refractivity contribution in [1.29, 1.82) is 0 Å². The van der Waals surface area contributed by atoms with Crippen molar-refractivity contribution in [3.8, 4) is 5.75 Å². The lowest BCUT2D eigenvalue weighted by Gasteiger charge is -2.34. The maximum atomic E-state index is 12.0. The molecule has 4 rings (SSSR count). The van der Waals surface area contributed by atoms with Gasteiger partial charge >= 0.3 is 5.97 Å². The number of ether oxygens (including phenoxy) is 6. The predicted octanol–water partition coefficient (Wildman–Crippen LogP) is 8.24. The van der Waals surface area contributed by atoms with Crippen LogP contribution in [-0.4, -0.2) is 72.1 Å². The average molecular weight is 679 g/mol. The zero-order valence-electron chi connectivity index (χ0n) is 28.2. The summed E-state index contributed by atoms with van der Waals surface area (Å²) < 4.78 is 43.5. The van der Waals surface area contributed by atoms with Crippen molar-refractivity contribution in [3.63, 3.8) is 0 Å². The summed E-state index contributed by atoms with van der Waals surface area (Å²) >= 11 is 6.22. The van der Waals surface area contributed by atoms with Crippen LogP contribution in [0.25, 0.3) is 0 Å². The van der Waals surface area contributed by atoms with Gasteiger partial charge < -0.3 is 32.8 Å². The van der Waals surface area contributed by atoms with E-state index < -0.39 is 8.32 Å². The number of carbonyl (C=O) groups is 1. The highest BCUT2D eigenvalue weighted by Crippen LogP contribution is 2.43. The van der Waals surface area contributed by atoms with Crippen LogP contribution < -0.4 is 4.74 Å². The Morgan fingerprint density at radius 1 is 1.02 bits per heavy atom. The summed E-state index contributed by atoms with van der Waals surface area (Å²) in [5, 5.41) is 0.622. The number of esters is 1. The van der Waals surface area contributed by atoms with Gasteiger partial charge in [0, 0.05) is 30.2 Å². The first-order chi connectivity index (χ1) is 22.4. The number of benzene rings is 1. The number of allylic oxidation sites excluding steroid dienone is 1. The first-order valence-corrected chi connectivity index (χ1v) is 20.3. The molecule has 1 aromatic rings. The Bertz CT molecular complexity index is 1090. The summed E-state index contributed by atoms with van der Waals surface area (Å²) in [5.41, 5.74) is 0. The topological polar surface area (TPSA) is 81.7 Å². The Hall–Kier alpha value is -1.72. The Kier molecular flexibility index (Phi) is 15.6. The fourth-order valence-electron chi connectivity index (χ4n) is 6.81. The average Bonchev–Trinajstić information content (AvgIpc) is 3.40. The van der Waals surface area contributed by atoms with Gasteiger partial charge in [0.25, 0.3) is 0 Å². The molecule has 0 radical (unpaired) electrons. The van der Waals surface area contributed by atoms with E-state index in [-0.39, 0.29) is 48.7 Å². The molecule has 0 N–H and O–H groups in total. The van der Waals surface area contributed by atoms with E-state index in [0.29, 0.717) is 30.4 Å². The number of hydrogen-bond donors (Lipinski definition) is 0. The van der Waals surface area contributed by atoms with Crippen LogP contribution in [0.4, 0.5) is 0 Å². The monoisotopic (exact) mass is 678 g/mol. The molecule has 3 fully saturated rings. The molecule has 1 aliphatic carbocycles. The summed E-state index contributed by atoms with van der Waals surface area (Å²) in [7, 11) is -0.529. The molecular weight excluding hydrogens is 624 g/mol. The van der Waals surface area contributed by atoms with Crippen molar-refractivity contribution in [2.75, 3.05) is 26.9 Å². The van der Waals surface area contributed by atoms with E-state index in [9.17, 15) is 4.79 Å². The minimum atomic E-state index is -1.93. The Balaban J connectivity index is 1.62. The normalized spacial score (nSPS) is 28.1. The van der Waals surface area contributed by atoms with Crippen LogP contribution in [0.15, 0.2) is 48.6 Å². The molecule has 0 spiro atoms. The molecule has 46 heavy (non-hydrogen) atoms. The molecule has 2 heterocycles. The van der Waals surface area contributed by atoms with Crippen LogP contribution in [0.1, 0.15) is 72.1 Å². The molecule has 258 valence electrons. The van der Waals surface area contributed by atoms with Gasteiger partial charge in [-0.2, -0.15) is 0 Å². The standard InChI is InChI=1S/C36H55ClO8Si/c1-5-46(6-2,7-3)45-33-25-32(44-36-19-9-11-23-41-36)31(30(33)16-13-17-34(38)39-4)21-20-29(43-35-18-8-10-22-40-35)26-42-28-15-12-14-27(37)24-28/h12-15,17,20-21,24,29-33,35-36H,5-11,16,18-19,22-23,25-26H2,1-4H3/b17-13-,21-20+/t29-,30-,31-,32-,33?,35?,36?/m1/s1. The highest BCUT2D eigenvalue weighted by atomic mass is 35.5. The third-order valence-electron chi connectivity index (χ3n) is 9.75. The zero-order valence-corrected chi connectivity index (χ0v) is 30.0. The summed E-state index contributed by atoms with van der Waals surface area (Å²) in [4.78, 5) is 12.0. The summed E-state index contributed by atoms with van der Waals surface area (Å²) in [6.07, 6.45) is 14.3.